The highest BCUT2D eigenvalue weighted by molar-refractivity contribution is 5.79. The van der Waals surface area contributed by atoms with Gasteiger partial charge in [0.05, 0.1) is 5.60 Å². The minimum absolute atomic E-state index is 0.0988. The maximum Gasteiger partial charge on any atom is 0.158 e. The lowest BCUT2D eigenvalue weighted by molar-refractivity contribution is -0.122. The van der Waals surface area contributed by atoms with Gasteiger partial charge in [0.15, 0.2) is 5.78 Å². The number of rotatable bonds is 6. The summed E-state index contributed by atoms with van der Waals surface area (Å²) in [5.74, 6) is 0.0988. The second-order valence-electron chi connectivity index (χ2n) is 3.64. The molecule has 0 saturated heterocycles. The van der Waals surface area contributed by atoms with Crippen LogP contribution in [0.2, 0.25) is 0 Å². The number of methoxy groups -OCH3 is 1. The van der Waals surface area contributed by atoms with Crippen molar-refractivity contribution in [3.05, 3.63) is 0 Å². The van der Waals surface area contributed by atoms with Crippen molar-refractivity contribution in [2.24, 2.45) is 0 Å². The third-order valence-corrected chi connectivity index (χ3v) is 1.55. The van der Waals surface area contributed by atoms with Crippen molar-refractivity contribution in [3.8, 4) is 0 Å². The molecule has 0 aliphatic carbocycles. The Kier molecular flexibility index (Phi) is 5.09. The van der Waals surface area contributed by atoms with Crippen LogP contribution in [0.1, 0.15) is 33.1 Å². The highest BCUT2D eigenvalue weighted by atomic mass is 16.5. The van der Waals surface area contributed by atoms with Crippen molar-refractivity contribution in [1.82, 2.24) is 0 Å². The summed E-state index contributed by atoms with van der Waals surface area (Å²) in [5, 5.41) is 9.32. The standard InChI is InChI=1S/C9H18O3/c1-9(2,11)6-4-5-8(10)7-12-3/h11H,4-7H2,1-3H3. The molecule has 3 heteroatoms. The minimum Gasteiger partial charge on any atom is -0.390 e. The molecule has 0 aromatic rings. The van der Waals surface area contributed by atoms with Gasteiger partial charge in [0.25, 0.3) is 0 Å². The van der Waals surface area contributed by atoms with Crippen LogP contribution in [-0.2, 0) is 9.53 Å². The van der Waals surface area contributed by atoms with Crippen LogP contribution < -0.4 is 0 Å². The molecule has 0 spiro atoms. The van der Waals surface area contributed by atoms with Gasteiger partial charge in [-0.05, 0) is 26.7 Å². The van der Waals surface area contributed by atoms with E-state index in [4.69, 9.17) is 0 Å². The molecule has 0 aliphatic heterocycles. The molecule has 72 valence electrons. The zero-order chi connectivity index (χ0) is 9.61. The number of hydrogen-bond acceptors (Lipinski definition) is 3. The monoisotopic (exact) mass is 174 g/mol. The van der Waals surface area contributed by atoms with E-state index in [0.717, 1.165) is 6.42 Å². The van der Waals surface area contributed by atoms with Crippen molar-refractivity contribution < 1.29 is 14.6 Å². The third kappa shape index (κ3) is 7.69. The van der Waals surface area contributed by atoms with Crippen LogP contribution >= 0.6 is 0 Å². The third-order valence-electron chi connectivity index (χ3n) is 1.55. The van der Waals surface area contributed by atoms with E-state index in [1.54, 1.807) is 13.8 Å². The van der Waals surface area contributed by atoms with Gasteiger partial charge in [0.1, 0.15) is 6.61 Å². The summed E-state index contributed by atoms with van der Waals surface area (Å²) in [6.07, 6.45) is 1.88. The molecule has 0 fully saturated rings. The molecule has 0 amide bonds. The van der Waals surface area contributed by atoms with E-state index in [1.165, 1.54) is 7.11 Å². The van der Waals surface area contributed by atoms with Gasteiger partial charge in [-0.15, -0.1) is 0 Å². The molecular weight excluding hydrogens is 156 g/mol. The fourth-order valence-corrected chi connectivity index (χ4v) is 0.951. The summed E-state index contributed by atoms with van der Waals surface area (Å²) in [7, 11) is 1.51. The molecule has 0 aromatic carbocycles. The number of Topliss-reactive ketones (excluding diaryl/α,β-unsaturated/α-hetero) is 1. The summed E-state index contributed by atoms with van der Waals surface area (Å²) in [6.45, 7) is 3.67. The smallest absolute Gasteiger partial charge is 0.158 e. The Morgan fingerprint density at radius 3 is 2.50 bits per heavy atom. The number of carbonyl (C=O) groups excluding carboxylic acids is 1. The first-order valence-corrected chi connectivity index (χ1v) is 4.19. The molecule has 0 radical (unpaired) electrons. The maximum atomic E-state index is 10.9. The second-order valence-corrected chi connectivity index (χ2v) is 3.64. The Bertz CT molecular complexity index is 135. The van der Waals surface area contributed by atoms with E-state index in [2.05, 4.69) is 4.74 Å². The Hall–Kier alpha value is -0.410. The van der Waals surface area contributed by atoms with Crippen LogP contribution in [0.4, 0.5) is 0 Å². The lowest BCUT2D eigenvalue weighted by atomic mass is 10.0. The van der Waals surface area contributed by atoms with E-state index >= 15 is 0 Å². The largest absolute Gasteiger partial charge is 0.390 e. The lowest BCUT2D eigenvalue weighted by Gasteiger charge is -2.15. The molecule has 0 saturated carbocycles. The molecule has 0 aromatic heterocycles. The quantitative estimate of drug-likeness (QED) is 0.657. The van der Waals surface area contributed by atoms with Gasteiger partial charge in [0, 0.05) is 13.5 Å². The van der Waals surface area contributed by atoms with Crippen molar-refractivity contribution in [2.75, 3.05) is 13.7 Å². The van der Waals surface area contributed by atoms with Crippen LogP contribution in [0.15, 0.2) is 0 Å². The zero-order valence-corrected chi connectivity index (χ0v) is 8.09. The Labute approximate surface area is 73.7 Å². The molecule has 0 heterocycles. The molecule has 0 unspecified atom stereocenters. The van der Waals surface area contributed by atoms with Gasteiger partial charge in [-0.25, -0.2) is 0 Å². The maximum absolute atomic E-state index is 10.9. The molecule has 1 N–H and O–H groups in total. The number of ether oxygens (including phenoxy) is 1. The fourth-order valence-electron chi connectivity index (χ4n) is 0.951. The summed E-state index contributed by atoms with van der Waals surface area (Å²) < 4.78 is 4.67. The second kappa shape index (κ2) is 5.27. The van der Waals surface area contributed by atoms with Crippen LogP contribution in [0.5, 0.6) is 0 Å². The van der Waals surface area contributed by atoms with E-state index in [9.17, 15) is 9.90 Å². The zero-order valence-electron chi connectivity index (χ0n) is 8.09. The first-order chi connectivity index (χ1) is 5.45. The highest BCUT2D eigenvalue weighted by Gasteiger charge is 2.12. The molecule has 12 heavy (non-hydrogen) atoms. The number of hydrogen-bond donors (Lipinski definition) is 1. The fraction of sp³-hybridized carbons (Fsp3) is 0.889. The first-order valence-electron chi connectivity index (χ1n) is 4.19. The summed E-state index contributed by atoms with van der Waals surface area (Å²) in [6, 6.07) is 0. The highest BCUT2D eigenvalue weighted by Crippen LogP contribution is 2.11. The van der Waals surface area contributed by atoms with E-state index in [1.807, 2.05) is 0 Å². The predicted octanol–water partition coefficient (Wildman–Crippen LogP) is 1.14. The first kappa shape index (κ1) is 11.6. The van der Waals surface area contributed by atoms with Gasteiger partial charge in [-0.1, -0.05) is 0 Å². The summed E-state index contributed by atoms with van der Waals surface area (Å²) in [4.78, 5) is 10.9. The van der Waals surface area contributed by atoms with Gasteiger partial charge in [-0.3, -0.25) is 4.79 Å². The average molecular weight is 174 g/mol. The Balaban J connectivity index is 3.37. The number of carbonyl (C=O) groups is 1. The van der Waals surface area contributed by atoms with Crippen LogP contribution in [0.3, 0.4) is 0 Å². The Morgan fingerprint density at radius 1 is 1.50 bits per heavy atom. The molecule has 0 rings (SSSR count). The molecule has 0 bridgehead atoms. The summed E-state index contributed by atoms with van der Waals surface area (Å²) in [5.41, 5.74) is -0.659. The van der Waals surface area contributed by atoms with Crippen molar-refractivity contribution >= 4 is 5.78 Å². The number of ketones is 1. The van der Waals surface area contributed by atoms with Crippen molar-refractivity contribution in [1.29, 1.82) is 0 Å². The van der Waals surface area contributed by atoms with Crippen LogP contribution in [-0.4, -0.2) is 30.2 Å². The van der Waals surface area contributed by atoms with Crippen molar-refractivity contribution in [3.63, 3.8) is 0 Å². The molecule has 3 nitrogen and oxygen atoms in total. The topological polar surface area (TPSA) is 46.5 Å². The van der Waals surface area contributed by atoms with Gasteiger partial charge in [-0.2, -0.15) is 0 Å². The van der Waals surface area contributed by atoms with Crippen LogP contribution in [0, 0.1) is 0 Å². The normalized spacial score (nSPS) is 11.7. The minimum atomic E-state index is -0.659. The van der Waals surface area contributed by atoms with Gasteiger partial charge < -0.3 is 9.84 Å². The van der Waals surface area contributed by atoms with Crippen molar-refractivity contribution in [2.45, 2.75) is 38.7 Å². The van der Waals surface area contributed by atoms with Gasteiger partial charge in [0.2, 0.25) is 0 Å². The summed E-state index contributed by atoms with van der Waals surface area (Å²) >= 11 is 0. The predicted molar refractivity (Wildman–Crippen MR) is 47.0 cm³/mol. The van der Waals surface area contributed by atoms with E-state index in [-0.39, 0.29) is 12.4 Å². The molecule has 0 atom stereocenters. The lowest BCUT2D eigenvalue weighted by Crippen LogP contribution is -2.18. The van der Waals surface area contributed by atoms with E-state index in [0.29, 0.717) is 12.8 Å². The Morgan fingerprint density at radius 2 is 2.08 bits per heavy atom. The van der Waals surface area contributed by atoms with E-state index < -0.39 is 5.60 Å². The average Bonchev–Trinajstić information content (AvgIpc) is 1.84. The molecule has 0 aliphatic rings. The SMILES string of the molecule is COCC(=O)CCCC(C)(C)O. The van der Waals surface area contributed by atoms with Crippen LogP contribution in [0.25, 0.3) is 0 Å². The van der Waals surface area contributed by atoms with Gasteiger partial charge >= 0.3 is 0 Å². The molecular formula is C9H18O3. The number of aliphatic hydroxyl groups is 1.